The van der Waals surface area contributed by atoms with E-state index in [9.17, 15) is 29.4 Å². The third-order valence-corrected chi connectivity index (χ3v) is 7.34. The van der Waals surface area contributed by atoms with Crippen molar-refractivity contribution < 1.29 is 29.4 Å². The number of nitrogens with zero attached hydrogens (tertiary/aromatic N) is 2. The zero-order chi connectivity index (χ0) is 29.4. The Morgan fingerprint density at radius 2 is 1.77 bits per heavy atom. The first kappa shape index (κ1) is 30.5. The Bertz CT molecular complexity index is 1190. The van der Waals surface area contributed by atoms with Crippen LogP contribution in [0.3, 0.4) is 0 Å². The van der Waals surface area contributed by atoms with Gasteiger partial charge in [-0.3, -0.25) is 24.2 Å². The summed E-state index contributed by atoms with van der Waals surface area (Å²) in [6.07, 6.45) is 4.18. The number of carbonyl (C=O) groups excluding carboxylic acids is 4. The fourth-order valence-corrected chi connectivity index (χ4v) is 4.72. The maximum Gasteiger partial charge on any atom is 0.274 e. The van der Waals surface area contributed by atoms with Crippen molar-refractivity contribution in [1.29, 1.82) is 0 Å². The van der Waals surface area contributed by atoms with Crippen LogP contribution in [0.2, 0.25) is 0 Å². The summed E-state index contributed by atoms with van der Waals surface area (Å²) >= 11 is 0. The van der Waals surface area contributed by atoms with Gasteiger partial charge in [-0.1, -0.05) is 33.3 Å². The SMILES string of the molecule is CCC(C)C1NC(=O)C(CC)C(O)C(Cc2cccnc2)NC(=O)C(NC(=O)c2ncccc2O)C(C)NC1=O. The molecule has 7 unspecified atom stereocenters. The van der Waals surface area contributed by atoms with E-state index in [1.54, 1.807) is 38.4 Å². The number of hydrogen-bond acceptors (Lipinski definition) is 8. The van der Waals surface area contributed by atoms with Crippen molar-refractivity contribution in [2.45, 2.75) is 77.2 Å². The van der Waals surface area contributed by atoms with Crippen LogP contribution in [-0.2, 0) is 20.8 Å². The molecule has 7 atom stereocenters. The first-order chi connectivity index (χ1) is 19.1. The van der Waals surface area contributed by atoms with Gasteiger partial charge < -0.3 is 31.5 Å². The van der Waals surface area contributed by atoms with Crippen LogP contribution in [0.1, 0.15) is 56.6 Å². The Balaban J connectivity index is 2.03. The maximum atomic E-state index is 13.7. The molecule has 2 aromatic rings. The topological polar surface area (TPSA) is 183 Å². The zero-order valence-corrected chi connectivity index (χ0v) is 23.1. The summed E-state index contributed by atoms with van der Waals surface area (Å²) in [5.74, 6) is -4.11. The van der Waals surface area contributed by atoms with Gasteiger partial charge in [0.1, 0.15) is 17.8 Å². The van der Waals surface area contributed by atoms with Crippen molar-refractivity contribution in [3.63, 3.8) is 0 Å². The predicted octanol–water partition coefficient (Wildman–Crippen LogP) is 0.444. The van der Waals surface area contributed by atoms with Gasteiger partial charge in [-0.15, -0.1) is 0 Å². The Labute approximate surface area is 233 Å². The van der Waals surface area contributed by atoms with E-state index < -0.39 is 59.8 Å². The lowest BCUT2D eigenvalue weighted by Crippen LogP contribution is -2.64. The summed E-state index contributed by atoms with van der Waals surface area (Å²) in [4.78, 5) is 61.4. The van der Waals surface area contributed by atoms with E-state index >= 15 is 0 Å². The molecule has 6 N–H and O–H groups in total. The maximum absolute atomic E-state index is 13.7. The number of aromatic hydroxyl groups is 1. The quantitative estimate of drug-likeness (QED) is 0.285. The van der Waals surface area contributed by atoms with Crippen molar-refractivity contribution >= 4 is 23.6 Å². The summed E-state index contributed by atoms with van der Waals surface area (Å²) in [7, 11) is 0. The molecule has 1 fully saturated rings. The molecule has 3 rings (SSSR count). The number of aliphatic hydroxyl groups is 1. The molecular weight excluding hydrogens is 516 g/mol. The molecule has 40 heavy (non-hydrogen) atoms. The van der Waals surface area contributed by atoms with Crippen molar-refractivity contribution in [2.75, 3.05) is 0 Å². The first-order valence-corrected chi connectivity index (χ1v) is 13.5. The van der Waals surface area contributed by atoms with Crippen LogP contribution < -0.4 is 21.3 Å². The van der Waals surface area contributed by atoms with Gasteiger partial charge in [0.25, 0.3) is 5.91 Å². The fraction of sp³-hybridized carbons (Fsp3) is 0.500. The van der Waals surface area contributed by atoms with Crippen molar-refractivity contribution in [3.8, 4) is 5.75 Å². The van der Waals surface area contributed by atoms with Gasteiger partial charge in [-0.2, -0.15) is 0 Å². The minimum absolute atomic E-state index is 0.155. The van der Waals surface area contributed by atoms with Gasteiger partial charge in [0.05, 0.1) is 24.1 Å². The molecule has 0 spiro atoms. The predicted molar refractivity (Wildman–Crippen MR) is 146 cm³/mol. The van der Waals surface area contributed by atoms with Crippen LogP contribution >= 0.6 is 0 Å². The molecule has 1 saturated heterocycles. The highest BCUT2D eigenvalue weighted by molar-refractivity contribution is 5.98. The Hall–Kier alpha value is -4.06. The molecule has 0 aromatic carbocycles. The Morgan fingerprint density at radius 3 is 2.40 bits per heavy atom. The van der Waals surface area contributed by atoms with Gasteiger partial charge in [0.15, 0.2) is 5.69 Å². The van der Waals surface area contributed by atoms with E-state index in [-0.39, 0.29) is 30.2 Å². The smallest absolute Gasteiger partial charge is 0.274 e. The molecule has 0 bridgehead atoms. The number of pyridine rings is 2. The number of nitrogens with one attached hydrogen (secondary N) is 4. The number of aromatic nitrogens is 2. The number of rotatable bonds is 7. The van der Waals surface area contributed by atoms with E-state index in [0.29, 0.717) is 12.0 Å². The van der Waals surface area contributed by atoms with Crippen molar-refractivity contribution in [3.05, 3.63) is 54.1 Å². The average Bonchev–Trinajstić information content (AvgIpc) is 2.94. The third kappa shape index (κ3) is 7.32. The minimum atomic E-state index is -1.32. The lowest BCUT2D eigenvalue weighted by molar-refractivity contribution is -0.137. The Morgan fingerprint density at radius 1 is 1.05 bits per heavy atom. The number of aliphatic hydroxyl groups excluding tert-OH is 1. The first-order valence-electron chi connectivity index (χ1n) is 13.5. The fourth-order valence-electron chi connectivity index (χ4n) is 4.72. The average molecular weight is 555 g/mol. The molecular formula is C28H38N6O6. The van der Waals surface area contributed by atoms with E-state index in [1.807, 2.05) is 13.8 Å². The second-order valence-corrected chi connectivity index (χ2v) is 10.2. The van der Waals surface area contributed by atoms with Gasteiger partial charge in [0, 0.05) is 18.6 Å². The van der Waals surface area contributed by atoms with Crippen molar-refractivity contribution in [2.24, 2.45) is 11.8 Å². The molecule has 0 radical (unpaired) electrons. The molecule has 0 aliphatic carbocycles. The summed E-state index contributed by atoms with van der Waals surface area (Å²) in [5.41, 5.74) is 0.426. The molecule has 4 amide bonds. The molecule has 12 heteroatoms. The highest BCUT2D eigenvalue weighted by Crippen LogP contribution is 2.20. The molecule has 3 heterocycles. The largest absolute Gasteiger partial charge is 0.505 e. The lowest BCUT2D eigenvalue weighted by Gasteiger charge is -2.35. The molecule has 1 aliphatic heterocycles. The van der Waals surface area contributed by atoms with Crippen LogP contribution in [0.5, 0.6) is 5.75 Å². The molecule has 216 valence electrons. The van der Waals surface area contributed by atoms with E-state index in [4.69, 9.17) is 0 Å². The summed E-state index contributed by atoms with van der Waals surface area (Å²) in [6.45, 7) is 6.99. The molecule has 0 saturated carbocycles. The highest BCUT2D eigenvalue weighted by atomic mass is 16.3. The van der Waals surface area contributed by atoms with Crippen LogP contribution in [0.4, 0.5) is 0 Å². The number of carbonyl (C=O) groups is 4. The van der Waals surface area contributed by atoms with Crippen LogP contribution in [-0.4, -0.2) is 74.1 Å². The monoisotopic (exact) mass is 554 g/mol. The zero-order valence-electron chi connectivity index (χ0n) is 23.1. The minimum Gasteiger partial charge on any atom is -0.505 e. The highest BCUT2D eigenvalue weighted by Gasteiger charge is 2.40. The second kappa shape index (κ2) is 13.8. The number of hydrogen-bond donors (Lipinski definition) is 6. The van der Waals surface area contributed by atoms with E-state index in [1.165, 1.54) is 18.3 Å². The van der Waals surface area contributed by atoms with Crippen LogP contribution in [0.15, 0.2) is 42.9 Å². The van der Waals surface area contributed by atoms with E-state index in [0.717, 1.165) is 0 Å². The standard InChI is InChI=1S/C28H38N6O6/c1-5-15(3)21-26(38)31-16(4)22(34-28(40)23-20(35)10-8-12-30-23)27(39)32-19(13-17-9-7-11-29-14-17)24(36)18(6-2)25(37)33-21/h7-12,14-16,18-19,21-22,24,35-36H,5-6,13H2,1-4H3,(H,31,38)(H,32,39)(H,33,37)(H,34,40). The molecule has 1 aliphatic rings. The molecule has 12 nitrogen and oxygen atoms in total. The van der Waals surface area contributed by atoms with Gasteiger partial charge >= 0.3 is 0 Å². The van der Waals surface area contributed by atoms with Crippen LogP contribution in [0.25, 0.3) is 0 Å². The third-order valence-electron chi connectivity index (χ3n) is 7.34. The Kier molecular flexibility index (Phi) is 10.5. The van der Waals surface area contributed by atoms with Crippen LogP contribution in [0, 0.1) is 11.8 Å². The lowest BCUT2D eigenvalue weighted by atomic mass is 9.88. The number of amides is 4. The van der Waals surface area contributed by atoms with Gasteiger partial charge in [-0.25, -0.2) is 4.98 Å². The van der Waals surface area contributed by atoms with Gasteiger partial charge in [-0.05, 0) is 49.4 Å². The summed E-state index contributed by atoms with van der Waals surface area (Å²) in [6, 6.07) is 2.13. The summed E-state index contributed by atoms with van der Waals surface area (Å²) < 4.78 is 0. The van der Waals surface area contributed by atoms with Crippen molar-refractivity contribution in [1.82, 2.24) is 31.2 Å². The summed E-state index contributed by atoms with van der Waals surface area (Å²) in [5, 5.41) is 32.5. The van der Waals surface area contributed by atoms with E-state index in [2.05, 4.69) is 31.2 Å². The normalized spacial score (nSPS) is 26.8. The second-order valence-electron chi connectivity index (χ2n) is 10.2. The van der Waals surface area contributed by atoms with Gasteiger partial charge in [0.2, 0.25) is 17.7 Å². The molecule has 2 aromatic heterocycles.